The van der Waals surface area contributed by atoms with Gasteiger partial charge in [0, 0.05) is 25.9 Å². The second-order valence-corrected chi connectivity index (χ2v) is 9.90. The van der Waals surface area contributed by atoms with Gasteiger partial charge in [0.1, 0.15) is 11.6 Å². The molecule has 2 fully saturated rings. The lowest BCUT2D eigenvalue weighted by Crippen LogP contribution is -2.42. The van der Waals surface area contributed by atoms with Gasteiger partial charge in [0.05, 0.1) is 30.2 Å². The molecule has 33 heavy (non-hydrogen) atoms. The molecule has 0 bridgehead atoms. The van der Waals surface area contributed by atoms with Crippen molar-refractivity contribution in [2.45, 2.75) is 76.5 Å². The molecule has 0 unspecified atom stereocenters. The van der Waals surface area contributed by atoms with E-state index in [2.05, 4.69) is 15.3 Å². The molecule has 1 atom stereocenters. The van der Waals surface area contributed by atoms with Crippen LogP contribution in [0.2, 0.25) is 0 Å². The largest absolute Gasteiger partial charge is 0.472 e. The molecule has 7 nitrogen and oxygen atoms in total. The first-order chi connectivity index (χ1) is 15.7. The summed E-state index contributed by atoms with van der Waals surface area (Å²) in [6.07, 6.45) is 4.53. The van der Waals surface area contributed by atoms with Crippen molar-refractivity contribution in [3.8, 4) is 5.88 Å². The molecule has 2 aromatic heterocycles. The SMILES string of the molecule is CC(=O)N[C@@H](C)CO[C@H]1CC[C@H](Oc2ncc3nc(N4CCCC(F)(F)C4)sc3c2F)CC1. The van der Waals surface area contributed by atoms with Crippen LogP contribution < -0.4 is 15.0 Å². The van der Waals surface area contributed by atoms with E-state index in [0.29, 0.717) is 43.1 Å². The van der Waals surface area contributed by atoms with Crippen molar-refractivity contribution >= 4 is 32.6 Å². The number of hydrogen-bond acceptors (Lipinski definition) is 7. The van der Waals surface area contributed by atoms with Crippen LogP contribution in [0.5, 0.6) is 5.88 Å². The maximum absolute atomic E-state index is 15.1. The topological polar surface area (TPSA) is 76.6 Å². The number of pyridine rings is 1. The predicted octanol–water partition coefficient (Wildman–Crippen LogP) is 4.30. The quantitative estimate of drug-likeness (QED) is 0.629. The molecule has 2 aromatic rings. The van der Waals surface area contributed by atoms with Crippen molar-refractivity contribution in [1.29, 1.82) is 0 Å². The summed E-state index contributed by atoms with van der Waals surface area (Å²) < 4.78 is 54.6. The fourth-order valence-electron chi connectivity index (χ4n) is 4.33. The van der Waals surface area contributed by atoms with Crippen molar-refractivity contribution in [2.75, 3.05) is 24.6 Å². The number of piperidine rings is 1. The minimum absolute atomic E-state index is 0.0537. The molecule has 0 radical (unpaired) electrons. The summed E-state index contributed by atoms with van der Waals surface area (Å²) in [6.45, 7) is 3.88. The molecule has 11 heteroatoms. The maximum atomic E-state index is 15.1. The van der Waals surface area contributed by atoms with E-state index in [9.17, 15) is 13.6 Å². The van der Waals surface area contributed by atoms with E-state index in [0.717, 1.165) is 24.2 Å². The summed E-state index contributed by atoms with van der Waals surface area (Å²) >= 11 is 1.06. The number of amides is 1. The Hall–Kier alpha value is -2.14. The Kier molecular flexibility index (Phi) is 7.28. The molecule has 4 rings (SSSR count). The van der Waals surface area contributed by atoms with Gasteiger partial charge in [0.25, 0.3) is 11.8 Å². The summed E-state index contributed by atoms with van der Waals surface area (Å²) in [5.74, 6) is -3.52. The van der Waals surface area contributed by atoms with E-state index in [1.165, 1.54) is 18.0 Å². The molecule has 0 aromatic carbocycles. The highest BCUT2D eigenvalue weighted by Crippen LogP contribution is 2.37. The lowest BCUT2D eigenvalue weighted by molar-refractivity contribution is -0.120. The summed E-state index contributed by atoms with van der Waals surface area (Å²) in [6, 6.07) is -0.0537. The molecule has 1 amide bonds. The van der Waals surface area contributed by atoms with Gasteiger partial charge in [-0.25, -0.2) is 18.7 Å². The summed E-state index contributed by atoms with van der Waals surface area (Å²) in [7, 11) is 0. The van der Waals surface area contributed by atoms with Gasteiger partial charge in [-0.1, -0.05) is 11.3 Å². The molecule has 1 saturated carbocycles. The number of anilines is 1. The monoisotopic (exact) mass is 486 g/mol. The van der Waals surface area contributed by atoms with E-state index < -0.39 is 18.3 Å². The van der Waals surface area contributed by atoms with Crippen LogP contribution in [-0.2, 0) is 9.53 Å². The highest BCUT2D eigenvalue weighted by molar-refractivity contribution is 7.22. The van der Waals surface area contributed by atoms with Crippen LogP contribution in [0.4, 0.5) is 18.3 Å². The van der Waals surface area contributed by atoms with Crippen molar-refractivity contribution in [3.05, 3.63) is 12.0 Å². The van der Waals surface area contributed by atoms with E-state index >= 15 is 4.39 Å². The number of nitrogens with one attached hydrogen (secondary N) is 1. The molecule has 182 valence electrons. The fourth-order valence-corrected chi connectivity index (χ4v) is 5.32. The molecule has 1 N–H and O–H groups in total. The summed E-state index contributed by atoms with van der Waals surface area (Å²) in [4.78, 5) is 21.0. The number of halogens is 3. The van der Waals surface area contributed by atoms with Gasteiger partial charge in [0.2, 0.25) is 11.7 Å². The van der Waals surface area contributed by atoms with E-state index in [1.54, 1.807) is 0 Å². The minimum Gasteiger partial charge on any atom is -0.472 e. The van der Waals surface area contributed by atoms with Gasteiger partial charge < -0.3 is 19.7 Å². The number of carbonyl (C=O) groups is 1. The number of thiazole rings is 1. The number of hydrogen-bond donors (Lipinski definition) is 1. The Labute approximate surface area is 194 Å². The average molecular weight is 487 g/mol. The third kappa shape index (κ3) is 6.06. The van der Waals surface area contributed by atoms with Crippen LogP contribution in [0, 0.1) is 5.82 Å². The van der Waals surface area contributed by atoms with E-state index in [4.69, 9.17) is 9.47 Å². The lowest BCUT2D eigenvalue weighted by Gasteiger charge is -2.32. The zero-order valence-corrected chi connectivity index (χ0v) is 19.6. The van der Waals surface area contributed by atoms with Crippen molar-refractivity contribution < 1.29 is 27.4 Å². The normalized spacial score (nSPS) is 24.0. The number of nitrogens with zero attached hydrogens (tertiary/aromatic N) is 3. The van der Waals surface area contributed by atoms with Gasteiger partial charge in [-0.3, -0.25) is 4.79 Å². The van der Waals surface area contributed by atoms with Gasteiger partial charge in [-0.05, 0) is 39.0 Å². The van der Waals surface area contributed by atoms with Crippen LogP contribution in [0.1, 0.15) is 52.4 Å². The Morgan fingerprint density at radius 1 is 1.33 bits per heavy atom. The smallest absolute Gasteiger partial charge is 0.265 e. The van der Waals surface area contributed by atoms with Crippen molar-refractivity contribution in [1.82, 2.24) is 15.3 Å². The Bertz CT molecular complexity index is 981. The third-order valence-electron chi connectivity index (χ3n) is 5.93. The number of alkyl halides is 2. The second kappa shape index (κ2) is 10.0. The first-order valence-electron chi connectivity index (χ1n) is 11.3. The molecular weight excluding hydrogens is 457 g/mol. The number of aromatic nitrogens is 2. The van der Waals surface area contributed by atoms with Crippen LogP contribution in [0.15, 0.2) is 6.20 Å². The molecule has 1 aliphatic heterocycles. The number of fused-ring (bicyclic) bond motifs is 1. The standard InChI is InChI=1S/C22H29F3N4O3S/c1-13(27-14(2)30)11-31-15-4-6-16(7-5-15)32-20-18(23)19-17(10-26-20)28-21(33-19)29-9-3-8-22(24,25)12-29/h10,13,15-16H,3-9,11-12H2,1-2H3,(H,27,30)/t13-,15-,16-/m0/s1. The van der Waals surface area contributed by atoms with Crippen LogP contribution in [-0.4, -0.2) is 59.7 Å². The maximum Gasteiger partial charge on any atom is 0.265 e. The molecule has 1 aliphatic carbocycles. The van der Waals surface area contributed by atoms with Gasteiger partial charge in [-0.15, -0.1) is 0 Å². The van der Waals surface area contributed by atoms with Crippen LogP contribution in [0.3, 0.4) is 0 Å². The first kappa shape index (κ1) is 24.0. The minimum atomic E-state index is -2.76. The average Bonchev–Trinajstić information content (AvgIpc) is 3.19. The molecule has 2 aliphatic rings. The molecule has 0 spiro atoms. The zero-order chi connectivity index (χ0) is 23.6. The zero-order valence-electron chi connectivity index (χ0n) is 18.8. The summed E-state index contributed by atoms with van der Waals surface area (Å²) in [5, 5.41) is 3.17. The van der Waals surface area contributed by atoms with Crippen LogP contribution in [0.25, 0.3) is 10.2 Å². The Balaban J connectivity index is 1.34. The lowest BCUT2D eigenvalue weighted by atomic mass is 9.95. The van der Waals surface area contributed by atoms with Crippen molar-refractivity contribution in [2.24, 2.45) is 0 Å². The van der Waals surface area contributed by atoms with E-state index in [-0.39, 0.29) is 41.2 Å². The van der Waals surface area contributed by atoms with Crippen LogP contribution >= 0.6 is 11.3 Å². The number of ether oxygens (including phenoxy) is 2. The highest BCUT2D eigenvalue weighted by atomic mass is 32.1. The van der Waals surface area contributed by atoms with Gasteiger partial charge >= 0.3 is 0 Å². The van der Waals surface area contributed by atoms with Gasteiger partial charge in [-0.2, -0.15) is 4.39 Å². The second-order valence-electron chi connectivity index (χ2n) is 8.92. The Morgan fingerprint density at radius 3 is 2.76 bits per heavy atom. The predicted molar refractivity (Wildman–Crippen MR) is 120 cm³/mol. The fraction of sp³-hybridized carbons (Fsp3) is 0.682. The Morgan fingerprint density at radius 2 is 2.06 bits per heavy atom. The summed E-state index contributed by atoms with van der Waals surface area (Å²) in [5.41, 5.74) is 0.346. The first-order valence-corrected chi connectivity index (χ1v) is 12.1. The third-order valence-corrected chi connectivity index (χ3v) is 7.05. The molecular formula is C22H29F3N4O3S. The van der Waals surface area contributed by atoms with Crippen molar-refractivity contribution in [3.63, 3.8) is 0 Å². The number of carbonyl (C=O) groups excluding carboxylic acids is 1. The highest BCUT2D eigenvalue weighted by Gasteiger charge is 2.36. The molecule has 3 heterocycles. The number of rotatable bonds is 7. The molecule has 1 saturated heterocycles. The van der Waals surface area contributed by atoms with Gasteiger partial charge in [0.15, 0.2) is 5.13 Å². The van der Waals surface area contributed by atoms with E-state index in [1.807, 2.05) is 6.92 Å².